The summed E-state index contributed by atoms with van der Waals surface area (Å²) in [7, 11) is 0. The molecule has 0 saturated carbocycles. The Kier molecular flexibility index (Phi) is 4.47. The number of benzene rings is 4. The van der Waals surface area contributed by atoms with E-state index in [0.717, 1.165) is 17.3 Å². The molecule has 1 unspecified atom stereocenters. The van der Waals surface area contributed by atoms with Crippen LogP contribution in [-0.4, -0.2) is 0 Å². The minimum atomic E-state index is 0.344. The fourth-order valence-electron chi connectivity index (χ4n) is 5.50. The fraction of sp³-hybridized carbons (Fsp3) is 0.133. The molecule has 150 valence electrons. The van der Waals surface area contributed by atoms with Crippen molar-refractivity contribution in [2.24, 2.45) is 0 Å². The first kappa shape index (κ1) is 18.8. The van der Waals surface area contributed by atoms with Crippen LogP contribution < -0.4 is 0 Å². The molecule has 2 aliphatic rings. The maximum Gasteiger partial charge on any atom is 0.0311 e. The summed E-state index contributed by atoms with van der Waals surface area (Å²) in [6.45, 7) is 2.29. The lowest BCUT2D eigenvalue weighted by Gasteiger charge is -2.21. The van der Waals surface area contributed by atoms with Gasteiger partial charge in [-0.05, 0) is 75.0 Å². The van der Waals surface area contributed by atoms with E-state index in [2.05, 4.69) is 114 Å². The van der Waals surface area contributed by atoms with Crippen LogP contribution in [0, 0.1) is 0 Å². The minimum absolute atomic E-state index is 0.344. The smallest absolute Gasteiger partial charge is 0.0311 e. The third-order valence-corrected chi connectivity index (χ3v) is 7.39. The topological polar surface area (TPSA) is 0 Å². The molecule has 6 rings (SSSR count). The van der Waals surface area contributed by atoms with Gasteiger partial charge >= 0.3 is 0 Å². The molecule has 0 aromatic heterocycles. The van der Waals surface area contributed by atoms with Crippen LogP contribution in [0.1, 0.15) is 47.1 Å². The molecule has 0 N–H and O–H groups in total. The molecule has 0 bridgehead atoms. The fourth-order valence-corrected chi connectivity index (χ4v) is 5.90. The van der Waals surface area contributed by atoms with Crippen LogP contribution in [0.25, 0.3) is 28.3 Å². The van der Waals surface area contributed by atoms with Crippen molar-refractivity contribution in [3.05, 3.63) is 123 Å². The molecule has 0 amide bonds. The standard InChI is InChI=1S/C30H23Br/c1-2-19-17-28-24(20-9-5-10-22(31)16-20)12-6-14-26(28)30(19)27-15-7-13-25-23-11-4-3-8-21(23)18-29(25)27/h3-17,30H,2,18H2,1H3. The Bertz CT molecular complexity index is 1360. The summed E-state index contributed by atoms with van der Waals surface area (Å²) < 4.78 is 1.12. The van der Waals surface area contributed by atoms with E-state index in [0.29, 0.717) is 5.92 Å². The van der Waals surface area contributed by atoms with Gasteiger partial charge in [-0.3, -0.25) is 0 Å². The maximum absolute atomic E-state index is 3.65. The van der Waals surface area contributed by atoms with Crippen molar-refractivity contribution in [3.8, 4) is 22.3 Å². The second kappa shape index (κ2) is 7.35. The number of rotatable bonds is 3. The lowest BCUT2D eigenvalue weighted by atomic mass is 9.82. The van der Waals surface area contributed by atoms with Gasteiger partial charge in [-0.1, -0.05) is 107 Å². The van der Waals surface area contributed by atoms with Gasteiger partial charge in [0.1, 0.15) is 0 Å². The van der Waals surface area contributed by atoms with Gasteiger partial charge < -0.3 is 0 Å². The van der Waals surface area contributed by atoms with Crippen LogP contribution in [0.15, 0.2) is 95.0 Å². The molecule has 4 aromatic rings. The highest BCUT2D eigenvalue weighted by molar-refractivity contribution is 9.10. The summed E-state index contributed by atoms with van der Waals surface area (Å²) in [5.74, 6) is 0.344. The molecule has 2 aliphatic carbocycles. The monoisotopic (exact) mass is 462 g/mol. The van der Waals surface area contributed by atoms with Gasteiger partial charge in [0, 0.05) is 10.4 Å². The molecule has 1 heteroatoms. The molecule has 31 heavy (non-hydrogen) atoms. The summed E-state index contributed by atoms with van der Waals surface area (Å²) in [6.07, 6.45) is 4.56. The van der Waals surface area contributed by atoms with E-state index < -0.39 is 0 Å². The Morgan fingerprint density at radius 3 is 2.35 bits per heavy atom. The van der Waals surface area contributed by atoms with E-state index in [1.165, 1.54) is 55.6 Å². The molecule has 0 heterocycles. The van der Waals surface area contributed by atoms with Crippen LogP contribution in [0.5, 0.6) is 0 Å². The van der Waals surface area contributed by atoms with Crippen molar-refractivity contribution in [2.75, 3.05) is 0 Å². The Hall–Kier alpha value is -2.90. The lowest BCUT2D eigenvalue weighted by Crippen LogP contribution is -2.05. The molecule has 0 radical (unpaired) electrons. The first-order valence-electron chi connectivity index (χ1n) is 11.0. The average molecular weight is 463 g/mol. The van der Waals surface area contributed by atoms with E-state index in [1.54, 1.807) is 0 Å². The summed E-state index contributed by atoms with van der Waals surface area (Å²) >= 11 is 3.65. The van der Waals surface area contributed by atoms with Crippen LogP contribution in [-0.2, 0) is 6.42 Å². The van der Waals surface area contributed by atoms with Gasteiger partial charge in [-0.25, -0.2) is 0 Å². The van der Waals surface area contributed by atoms with Gasteiger partial charge in [-0.2, -0.15) is 0 Å². The number of hydrogen-bond acceptors (Lipinski definition) is 0. The van der Waals surface area contributed by atoms with Crippen molar-refractivity contribution < 1.29 is 0 Å². The first-order valence-corrected chi connectivity index (χ1v) is 11.8. The Labute approximate surface area is 192 Å². The van der Waals surface area contributed by atoms with Gasteiger partial charge in [-0.15, -0.1) is 0 Å². The molecule has 0 saturated heterocycles. The molecular formula is C30H23Br. The molecule has 0 nitrogen and oxygen atoms in total. The Morgan fingerprint density at radius 2 is 1.52 bits per heavy atom. The molecule has 4 aromatic carbocycles. The largest absolute Gasteiger partial charge is 0.0619 e. The molecule has 0 aliphatic heterocycles. The van der Waals surface area contributed by atoms with Gasteiger partial charge in [0.05, 0.1) is 0 Å². The van der Waals surface area contributed by atoms with Crippen LogP contribution >= 0.6 is 15.9 Å². The van der Waals surface area contributed by atoms with Crippen molar-refractivity contribution in [2.45, 2.75) is 25.7 Å². The highest BCUT2D eigenvalue weighted by Crippen LogP contribution is 2.49. The summed E-state index contributed by atoms with van der Waals surface area (Å²) in [6, 6.07) is 31.3. The van der Waals surface area contributed by atoms with Gasteiger partial charge in [0.25, 0.3) is 0 Å². The zero-order valence-electron chi connectivity index (χ0n) is 17.5. The normalized spacial score (nSPS) is 15.9. The van der Waals surface area contributed by atoms with E-state index in [1.807, 2.05) is 0 Å². The number of fused-ring (bicyclic) bond motifs is 4. The average Bonchev–Trinajstić information content (AvgIpc) is 3.37. The van der Waals surface area contributed by atoms with Gasteiger partial charge in [0.2, 0.25) is 0 Å². The second-order valence-electron chi connectivity index (χ2n) is 8.53. The van der Waals surface area contributed by atoms with E-state index in [9.17, 15) is 0 Å². The SMILES string of the molecule is CCC1=Cc2c(-c3cccc(Br)c3)cccc2C1c1cccc2c1Cc1ccccc1-2. The summed E-state index contributed by atoms with van der Waals surface area (Å²) in [5, 5.41) is 0. The van der Waals surface area contributed by atoms with E-state index in [-0.39, 0.29) is 0 Å². The highest BCUT2D eigenvalue weighted by Gasteiger charge is 2.31. The second-order valence-corrected chi connectivity index (χ2v) is 9.45. The van der Waals surface area contributed by atoms with E-state index in [4.69, 9.17) is 0 Å². The van der Waals surface area contributed by atoms with Crippen LogP contribution in [0.3, 0.4) is 0 Å². The lowest BCUT2D eigenvalue weighted by molar-refractivity contribution is 0.895. The van der Waals surface area contributed by atoms with Crippen molar-refractivity contribution in [1.29, 1.82) is 0 Å². The summed E-state index contributed by atoms with van der Waals surface area (Å²) in [4.78, 5) is 0. The number of halogens is 1. The molecular weight excluding hydrogens is 440 g/mol. The van der Waals surface area contributed by atoms with Crippen LogP contribution in [0.4, 0.5) is 0 Å². The zero-order chi connectivity index (χ0) is 20.9. The first-order chi connectivity index (χ1) is 15.2. The number of hydrogen-bond donors (Lipinski definition) is 0. The molecule has 0 fully saturated rings. The van der Waals surface area contributed by atoms with Crippen molar-refractivity contribution in [1.82, 2.24) is 0 Å². The Morgan fingerprint density at radius 1 is 0.774 bits per heavy atom. The highest BCUT2D eigenvalue weighted by atomic mass is 79.9. The van der Waals surface area contributed by atoms with Crippen LogP contribution in [0.2, 0.25) is 0 Å². The zero-order valence-corrected chi connectivity index (χ0v) is 19.1. The predicted molar refractivity (Wildman–Crippen MR) is 134 cm³/mol. The van der Waals surface area contributed by atoms with Crippen molar-refractivity contribution >= 4 is 22.0 Å². The quantitative estimate of drug-likeness (QED) is 0.251. The molecule has 0 spiro atoms. The van der Waals surface area contributed by atoms with Gasteiger partial charge in [0.15, 0.2) is 0 Å². The molecule has 1 atom stereocenters. The van der Waals surface area contributed by atoms with Crippen molar-refractivity contribution in [3.63, 3.8) is 0 Å². The number of allylic oxidation sites excluding steroid dienone is 1. The maximum atomic E-state index is 3.65. The predicted octanol–water partition coefficient (Wildman–Crippen LogP) is 8.63. The van der Waals surface area contributed by atoms with E-state index >= 15 is 0 Å². The summed E-state index contributed by atoms with van der Waals surface area (Å²) in [5.41, 5.74) is 14.2. The minimum Gasteiger partial charge on any atom is -0.0619 e. The third-order valence-electron chi connectivity index (χ3n) is 6.89. The third kappa shape index (κ3) is 2.95. The Balaban J connectivity index is 1.53.